The van der Waals surface area contributed by atoms with E-state index in [0.717, 1.165) is 27.5 Å². The molecule has 2 aromatic heterocycles. The summed E-state index contributed by atoms with van der Waals surface area (Å²) in [5, 5.41) is 15.6. The summed E-state index contributed by atoms with van der Waals surface area (Å²) in [6, 6.07) is 17.9. The molecule has 0 saturated carbocycles. The van der Waals surface area contributed by atoms with Crippen LogP contribution < -0.4 is 0 Å². The van der Waals surface area contributed by atoms with E-state index in [0.29, 0.717) is 12.2 Å². The number of aromatic nitrogens is 3. The van der Waals surface area contributed by atoms with Crippen LogP contribution in [0.1, 0.15) is 11.4 Å². The molecule has 114 valence electrons. The SMILES string of the molecule is O=C(O)Cc1nn(Cc2cc3ccccc3[nH]2)c2ccccc12. The molecule has 4 rings (SSSR count). The molecule has 2 N–H and O–H groups in total. The van der Waals surface area contributed by atoms with Crippen molar-refractivity contribution < 1.29 is 9.90 Å². The topological polar surface area (TPSA) is 70.9 Å². The van der Waals surface area contributed by atoms with Crippen LogP contribution in [0.15, 0.2) is 54.6 Å². The molecule has 4 aromatic rings. The average molecular weight is 305 g/mol. The number of rotatable bonds is 4. The Morgan fingerprint density at radius 1 is 1.13 bits per heavy atom. The van der Waals surface area contributed by atoms with Gasteiger partial charge in [-0.15, -0.1) is 0 Å². The van der Waals surface area contributed by atoms with Crippen molar-refractivity contribution in [1.82, 2.24) is 14.8 Å². The predicted octanol–water partition coefficient (Wildman–Crippen LogP) is 3.19. The Hall–Kier alpha value is -3.08. The molecule has 2 aromatic carbocycles. The summed E-state index contributed by atoms with van der Waals surface area (Å²) >= 11 is 0. The molecule has 0 fully saturated rings. The van der Waals surface area contributed by atoms with Crippen molar-refractivity contribution in [2.45, 2.75) is 13.0 Å². The molecule has 0 aliphatic heterocycles. The Kier molecular flexibility index (Phi) is 3.12. The number of nitrogens with one attached hydrogen (secondary N) is 1. The summed E-state index contributed by atoms with van der Waals surface area (Å²) in [6.07, 6.45) is -0.0692. The number of hydrogen-bond acceptors (Lipinski definition) is 2. The second-order valence-electron chi connectivity index (χ2n) is 5.57. The van der Waals surface area contributed by atoms with Gasteiger partial charge in [0.2, 0.25) is 0 Å². The van der Waals surface area contributed by atoms with Crippen LogP contribution in [0.2, 0.25) is 0 Å². The lowest BCUT2D eigenvalue weighted by Gasteiger charge is -2.01. The zero-order valence-corrected chi connectivity index (χ0v) is 12.4. The lowest BCUT2D eigenvalue weighted by atomic mass is 10.2. The lowest BCUT2D eigenvalue weighted by molar-refractivity contribution is -0.136. The van der Waals surface area contributed by atoms with Gasteiger partial charge in [-0.25, -0.2) is 0 Å². The Morgan fingerprint density at radius 2 is 1.91 bits per heavy atom. The molecule has 0 radical (unpaired) electrons. The van der Waals surface area contributed by atoms with E-state index in [2.05, 4.69) is 22.2 Å². The quantitative estimate of drug-likeness (QED) is 0.608. The van der Waals surface area contributed by atoms with Crippen LogP contribution in [-0.2, 0) is 17.8 Å². The minimum atomic E-state index is -0.869. The number of fused-ring (bicyclic) bond motifs is 2. The molecule has 0 saturated heterocycles. The number of aliphatic carboxylic acids is 1. The summed E-state index contributed by atoms with van der Waals surface area (Å²) in [7, 11) is 0. The van der Waals surface area contributed by atoms with Crippen molar-refractivity contribution in [1.29, 1.82) is 0 Å². The number of nitrogens with zero attached hydrogens (tertiary/aromatic N) is 2. The van der Waals surface area contributed by atoms with Gasteiger partial charge < -0.3 is 10.1 Å². The van der Waals surface area contributed by atoms with Gasteiger partial charge in [0.25, 0.3) is 0 Å². The normalized spacial score (nSPS) is 11.3. The van der Waals surface area contributed by atoms with E-state index >= 15 is 0 Å². The Bertz CT molecular complexity index is 980. The van der Waals surface area contributed by atoms with E-state index in [1.54, 1.807) is 0 Å². The number of carboxylic acids is 1. The van der Waals surface area contributed by atoms with Crippen molar-refractivity contribution >= 4 is 27.8 Å². The van der Waals surface area contributed by atoms with E-state index in [1.165, 1.54) is 0 Å². The number of benzene rings is 2. The first-order valence-corrected chi connectivity index (χ1v) is 7.43. The Balaban J connectivity index is 1.77. The highest BCUT2D eigenvalue weighted by molar-refractivity contribution is 5.86. The number of para-hydroxylation sites is 2. The van der Waals surface area contributed by atoms with Crippen LogP contribution in [0, 0.1) is 0 Å². The summed E-state index contributed by atoms with van der Waals surface area (Å²) in [6.45, 7) is 0.578. The third-order valence-electron chi connectivity index (χ3n) is 3.96. The predicted molar refractivity (Wildman–Crippen MR) is 88.5 cm³/mol. The molecule has 2 heterocycles. The van der Waals surface area contributed by atoms with Gasteiger partial charge in [0.1, 0.15) is 0 Å². The lowest BCUT2D eigenvalue weighted by Crippen LogP contribution is -2.05. The highest BCUT2D eigenvalue weighted by atomic mass is 16.4. The second-order valence-corrected chi connectivity index (χ2v) is 5.57. The number of aromatic amines is 1. The fourth-order valence-electron chi connectivity index (χ4n) is 2.97. The minimum absolute atomic E-state index is 0.0692. The van der Waals surface area contributed by atoms with E-state index in [1.807, 2.05) is 47.1 Å². The third kappa shape index (κ3) is 2.46. The molecule has 0 bridgehead atoms. The van der Waals surface area contributed by atoms with Crippen LogP contribution in [0.25, 0.3) is 21.8 Å². The van der Waals surface area contributed by atoms with Crippen LogP contribution in [0.5, 0.6) is 0 Å². The second kappa shape index (κ2) is 5.28. The summed E-state index contributed by atoms with van der Waals surface area (Å²) in [4.78, 5) is 14.4. The van der Waals surface area contributed by atoms with Crippen molar-refractivity contribution in [3.63, 3.8) is 0 Å². The number of carbonyl (C=O) groups is 1. The largest absolute Gasteiger partial charge is 0.481 e. The van der Waals surface area contributed by atoms with Crippen LogP contribution in [0.3, 0.4) is 0 Å². The number of H-pyrrole nitrogens is 1. The van der Waals surface area contributed by atoms with Gasteiger partial charge in [0.05, 0.1) is 24.2 Å². The van der Waals surface area contributed by atoms with E-state index < -0.39 is 5.97 Å². The van der Waals surface area contributed by atoms with Crippen molar-refractivity contribution in [2.75, 3.05) is 0 Å². The first-order valence-electron chi connectivity index (χ1n) is 7.43. The smallest absolute Gasteiger partial charge is 0.309 e. The average Bonchev–Trinajstić information content (AvgIpc) is 3.09. The molecular formula is C18H15N3O2. The number of hydrogen-bond donors (Lipinski definition) is 2. The van der Waals surface area contributed by atoms with E-state index in [4.69, 9.17) is 5.11 Å². The molecule has 0 aliphatic rings. The van der Waals surface area contributed by atoms with Gasteiger partial charge >= 0.3 is 5.97 Å². The van der Waals surface area contributed by atoms with Gasteiger partial charge in [0.15, 0.2) is 0 Å². The summed E-state index contributed by atoms with van der Waals surface area (Å²) < 4.78 is 1.86. The molecule has 5 nitrogen and oxygen atoms in total. The number of carboxylic acid groups (broad SMARTS) is 1. The Morgan fingerprint density at radius 3 is 2.74 bits per heavy atom. The van der Waals surface area contributed by atoms with Gasteiger partial charge in [-0.3, -0.25) is 9.48 Å². The van der Waals surface area contributed by atoms with Gasteiger partial charge in [0, 0.05) is 16.6 Å². The molecule has 23 heavy (non-hydrogen) atoms. The van der Waals surface area contributed by atoms with Crippen LogP contribution in [-0.4, -0.2) is 25.8 Å². The maximum atomic E-state index is 11.0. The molecular weight excluding hydrogens is 290 g/mol. The molecule has 0 spiro atoms. The van der Waals surface area contributed by atoms with Crippen LogP contribution in [0.4, 0.5) is 0 Å². The minimum Gasteiger partial charge on any atom is -0.481 e. The van der Waals surface area contributed by atoms with E-state index in [9.17, 15) is 4.79 Å². The third-order valence-corrected chi connectivity index (χ3v) is 3.96. The fraction of sp³-hybridized carbons (Fsp3) is 0.111. The molecule has 0 atom stereocenters. The fourth-order valence-corrected chi connectivity index (χ4v) is 2.97. The molecule has 0 unspecified atom stereocenters. The maximum Gasteiger partial charge on any atom is 0.309 e. The first kappa shape index (κ1) is 13.6. The highest BCUT2D eigenvalue weighted by Gasteiger charge is 2.13. The maximum absolute atomic E-state index is 11.0. The molecule has 0 aliphatic carbocycles. The highest BCUT2D eigenvalue weighted by Crippen LogP contribution is 2.21. The molecule has 5 heteroatoms. The zero-order chi connectivity index (χ0) is 15.8. The van der Waals surface area contributed by atoms with Crippen molar-refractivity contribution in [3.8, 4) is 0 Å². The monoisotopic (exact) mass is 305 g/mol. The summed E-state index contributed by atoms with van der Waals surface area (Å²) in [5.41, 5.74) is 3.68. The summed E-state index contributed by atoms with van der Waals surface area (Å²) in [5.74, 6) is -0.869. The standard InChI is InChI=1S/C18H15N3O2/c22-18(23)10-16-14-6-2-4-8-17(14)21(20-16)11-13-9-12-5-1-3-7-15(12)19-13/h1-9,19H,10-11H2,(H,22,23). The van der Waals surface area contributed by atoms with Crippen molar-refractivity contribution in [3.05, 3.63) is 66.0 Å². The Labute approximate surface area is 132 Å². The molecule has 0 amide bonds. The van der Waals surface area contributed by atoms with Crippen molar-refractivity contribution in [2.24, 2.45) is 0 Å². The van der Waals surface area contributed by atoms with Gasteiger partial charge in [-0.1, -0.05) is 36.4 Å². The van der Waals surface area contributed by atoms with Gasteiger partial charge in [-0.05, 0) is 23.6 Å². The van der Waals surface area contributed by atoms with E-state index in [-0.39, 0.29) is 6.42 Å². The van der Waals surface area contributed by atoms with Crippen LogP contribution >= 0.6 is 0 Å². The zero-order valence-electron chi connectivity index (χ0n) is 12.4. The first-order chi connectivity index (χ1) is 11.2. The van der Waals surface area contributed by atoms with Gasteiger partial charge in [-0.2, -0.15) is 5.10 Å².